The number of ketones is 1. The quantitative estimate of drug-likeness (QED) is 0.324. The number of rotatable bonds is 5. The number of methoxy groups -OCH3 is 1. The molecule has 0 unspecified atom stereocenters. The van der Waals surface area contributed by atoms with Gasteiger partial charge >= 0.3 is 5.97 Å². The molecule has 6 nitrogen and oxygen atoms in total. The molecule has 2 aromatic rings. The number of ether oxygens (including phenoxy) is 1. The number of hydrogen-bond donors (Lipinski definition) is 0. The third kappa shape index (κ3) is 3.19. The maximum absolute atomic E-state index is 13.3. The first-order chi connectivity index (χ1) is 12.8. The summed E-state index contributed by atoms with van der Waals surface area (Å²) in [5.74, 6) is -2.42. The Morgan fingerprint density at radius 1 is 1.30 bits per heavy atom. The Labute approximate surface area is 165 Å². The molecule has 0 aliphatic heterocycles. The molecule has 0 saturated carbocycles. The fourth-order valence-electron chi connectivity index (χ4n) is 3.74. The molecule has 0 amide bonds. The predicted molar refractivity (Wildman–Crippen MR) is 100.0 cm³/mol. The summed E-state index contributed by atoms with van der Waals surface area (Å²) < 4.78 is 4.94. The molecular formula is C19H15Cl2NO5. The number of esters is 1. The molecule has 0 spiro atoms. The average molecular weight is 408 g/mol. The second kappa shape index (κ2) is 7.29. The van der Waals surface area contributed by atoms with Crippen LogP contribution in [0.4, 0.5) is 0 Å². The normalized spacial score (nSPS) is 19.4. The Kier molecular flexibility index (Phi) is 5.22. The molecule has 2 atom stereocenters. The molecule has 140 valence electrons. The van der Waals surface area contributed by atoms with E-state index in [2.05, 4.69) is 0 Å². The lowest BCUT2D eigenvalue weighted by atomic mass is 9.69. The van der Waals surface area contributed by atoms with Crippen molar-refractivity contribution in [2.24, 2.45) is 5.41 Å². The number of nitrogens with zero attached hydrogens (tertiary/aromatic N) is 1. The minimum atomic E-state index is -1.76. The van der Waals surface area contributed by atoms with Gasteiger partial charge in [0.25, 0.3) is 0 Å². The van der Waals surface area contributed by atoms with Crippen molar-refractivity contribution in [3.63, 3.8) is 0 Å². The van der Waals surface area contributed by atoms with Crippen molar-refractivity contribution in [1.29, 1.82) is 0 Å². The summed E-state index contributed by atoms with van der Waals surface area (Å²) >= 11 is 12.2. The van der Waals surface area contributed by atoms with E-state index in [1.165, 1.54) is 18.2 Å². The molecule has 27 heavy (non-hydrogen) atoms. The van der Waals surface area contributed by atoms with E-state index in [4.69, 9.17) is 27.9 Å². The maximum atomic E-state index is 13.3. The second-order valence-electron chi connectivity index (χ2n) is 6.36. The van der Waals surface area contributed by atoms with Crippen molar-refractivity contribution < 1.29 is 19.2 Å². The first-order valence-corrected chi connectivity index (χ1v) is 8.84. The summed E-state index contributed by atoms with van der Waals surface area (Å²) in [6.07, 6.45) is 0.00609. The number of fused-ring (bicyclic) bond motifs is 1. The molecule has 1 aliphatic carbocycles. The first-order valence-electron chi connectivity index (χ1n) is 8.09. The summed E-state index contributed by atoms with van der Waals surface area (Å²) in [6, 6.07) is 11.2. The molecule has 8 heteroatoms. The fourth-order valence-corrected chi connectivity index (χ4v) is 4.28. The van der Waals surface area contributed by atoms with Crippen LogP contribution in [-0.4, -0.2) is 30.3 Å². The van der Waals surface area contributed by atoms with Crippen LogP contribution in [-0.2, 0) is 16.0 Å². The minimum Gasteiger partial charge on any atom is -0.468 e. The van der Waals surface area contributed by atoms with Crippen LogP contribution >= 0.6 is 23.2 Å². The van der Waals surface area contributed by atoms with E-state index in [-0.39, 0.29) is 11.4 Å². The van der Waals surface area contributed by atoms with Gasteiger partial charge in [-0.05, 0) is 29.7 Å². The van der Waals surface area contributed by atoms with E-state index in [1.807, 2.05) is 0 Å². The van der Waals surface area contributed by atoms with Crippen LogP contribution in [0.5, 0.6) is 0 Å². The predicted octanol–water partition coefficient (Wildman–Crippen LogP) is 3.95. The van der Waals surface area contributed by atoms with Gasteiger partial charge in [0.1, 0.15) is 5.41 Å². The van der Waals surface area contributed by atoms with Gasteiger partial charge in [-0.25, -0.2) is 0 Å². The Hall–Kier alpha value is -2.44. The molecule has 2 aromatic carbocycles. The third-order valence-electron chi connectivity index (χ3n) is 4.95. The Morgan fingerprint density at radius 3 is 2.59 bits per heavy atom. The number of nitro groups is 1. The summed E-state index contributed by atoms with van der Waals surface area (Å²) in [5.41, 5.74) is -0.444. The van der Waals surface area contributed by atoms with Gasteiger partial charge in [0.2, 0.25) is 6.54 Å². The van der Waals surface area contributed by atoms with Crippen LogP contribution < -0.4 is 0 Å². The van der Waals surface area contributed by atoms with Gasteiger partial charge in [-0.2, -0.15) is 0 Å². The largest absolute Gasteiger partial charge is 0.468 e. The van der Waals surface area contributed by atoms with Crippen molar-refractivity contribution in [2.75, 3.05) is 13.7 Å². The lowest BCUT2D eigenvalue weighted by Crippen LogP contribution is -2.46. The Morgan fingerprint density at radius 2 is 2.00 bits per heavy atom. The van der Waals surface area contributed by atoms with Crippen LogP contribution in [0, 0.1) is 15.5 Å². The molecular weight excluding hydrogens is 393 g/mol. The lowest BCUT2D eigenvalue weighted by Gasteiger charge is -2.32. The van der Waals surface area contributed by atoms with Gasteiger partial charge in [0.15, 0.2) is 5.78 Å². The van der Waals surface area contributed by atoms with Gasteiger partial charge in [0, 0.05) is 20.5 Å². The van der Waals surface area contributed by atoms with Crippen molar-refractivity contribution in [1.82, 2.24) is 0 Å². The third-order valence-corrected chi connectivity index (χ3v) is 5.51. The van der Waals surface area contributed by atoms with E-state index < -0.39 is 34.6 Å². The smallest absolute Gasteiger partial charge is 0.320 e. The topological polar surface area (TPSA) is 86.5 Å². The highest BCUT2D eigenvalue weighted by Crippen LogP contribution is 2.49. The highest BCUT2D eigenvalue weighted by atomic mass is 35.5. The van der Waals surface area contributed by atoms with E-state index >= 15 is 0 Å². The number of carbonyl (C=O) groups excluding carboxylic acids is 2. The van der Waals surface area contributed by atoms with Crippen LogP contribution in [0.3, 0.4) is 0 Å². The van der Waals surface area contributed by atoms with Gasteiger partial charge in [0.05, 0.1) is 13.0 Å². The highest BCUT2D eigenvalue weighted by Gasteiger charge is 2.59. The molecule has 0 radical (unpaired) electrons. The van der Waals surface area contributed by atoms with Gasteiger partial charge in [-0.1, -0.05) is 53.5 Å². The van der Waals surface area contributed by atoms with Crippen molar-refractivity contribution >= 4 is 35.0 Å². The summed E-state index contributed by atoms with van der Waals surface area (Å²) in [4.78, 5) is 37.0. The number of Topliss-reactive ketones (excluding diaryl/α,β-unsaturated/α-hetero) is 1. The van der Waals surface area contributed by atoms with Crippen LogP contribution in [0.2, 0.25) is 10.0 Å². The molecule has 0 fully saturated rings. The number of carbonyl (C=O) groups is 2. The van der Waals surface area contributed by atoms with E-state index in [1.54, 1.807) is 24.3 Å². The second-order valence-corrected chi connectivity index (χ2v) is 7.20. The summed E-state index contributed by atoms with van der Waals surface area (Å²) in [6.45, 7) is -0.657. The first kappa shape index (κ1) is 19.3. The number of hydrogen-bond acceptors (Lipinski definition) is 5. The molecule has 0 heterocycles. The average Bonchev–Trinajstić information content (AvgIpc) is 2.93. The van der Waals surface area contributed by atoms with Crippen LogP contribution in [0.15, 0.2) is 42.5 Å². The van der Waals surface area contributed by atoms with Gasteiger partial charge < -0.3 is 4.74 Å². The zero-order valence-electron chi connectivity index (χ0n) is 14.3. The molecule has 0 aromatic heterocycles. The van der Waals surface area contributed by atoms with Crippen molar-refractivity contribution in [3.05, 3.63) is 79.3 Å². The van der Waals surface area contributed by atoms with Gasteiger partial charge in [-0.3, -0.25) is 19.7 Å². The summed E-state index contributed by atoms with van der Waals surface area (Å²) in [5, 5.41) is 11.9. The monoisotopic (exact) mass is 407 g/mol. The van der Waals surface area contributed by atoms with E-state index in [9.17, 15) is 19.7 Å². The molecule has 0 saturated heterocycles. The van der Waals surface area contributed by atoms with Gasteiger partial charge in [-0.15, -0.1) is 0 Å². The van der Waals surface area contributed by atoms with E-state index in [0.29, 0.717) is 21.7 Å². The van der Waals surface area contributed by atoms with Crippen LogP contribution in [0.25, 0.3) is 0 Å². The highest BCUT2D eigenvalue weighted by molar-refractivity contribution is 6.35. The van der Waals surface area contributed by atoms with E-state index in [0.717, 1.165) is 7.11 Å². The number of benzene rings is 2. The number of halogens is 2. The SMILES string of the molecule is COC(=O)[C@]1([C@H](C[N+](=O)[O-])c2ccc(Cl)cc2Cl)Cc2ccccc2C1=O. The molecule has 3 rings (SSSR count). The van der Waals surface area contributed by atoms with Crippen molar-refractivity contribution in [2.45, 2.75) is 12.3 Å². The van der Waals surface area contributed by atoms with Crippen molar-refractivity contribution in [3.8, 4) is 0 Å². The zero-order chi connectivity index (χ0) is 19.8. The maximum Gasteiger partial charge on any atom is 0.320 e. The standard InChI is InChI=1S/C19H15Cl2NO5/c1-27-18(24)19(9-11-4-2-3-5-13(11)17(19)23)15(10-22(25)26)14-7-6-12(20)8-16(14)21/h2-8,15H,9-10H2,1H3/t15-,19+/m1/s1. The Bertz CT molecular complexity index is 945. The van der Waals surface area contributed by atoms with Crippen LogP contribution in [0.1, 0.15) is 27.4 Å². The lowest BCUT2D eigenvalue weighted by molar-refractivity contribution is -0.485. The molecule has 0 bridgehead atoms. The molecule has 1 aliphatic rings. The fraction of sp³-hybridized carbons (Fsp3) is 0.263. The zero-order valence-corrected chi connectivity index (χ0v) is 15.8. The Balaban J connectivity index is 2.24. The minimum absolute atomic E-state index is 0.00609. The summed E-state index contributed by atoms with van der Waals surface area (Å²) in [7, 11) is 1.16. The molecule has 0 N–H and O–H groups in total.